The van der Waals surface area contributed by atoms with E-state index in [4.69, 9.17) is 10.00 Å². The van der Waals surface area contributed by atoms with Crippen molar-refractivity contribution in [2.45, 2.75) is 12.5 Å². The summed E-state index contributed by atoms with van der Waals surface area (Å²) in [5.41, 5.74) is 3.82. The Balaban J connectivity index is 1.80. The van der Waals surface area contributed by atoms with Gasteiger partial charge in [-0.15, -0.1) is 0 Å². The Labute approximate surface area is 151 Å². The summed E-state index contributed by atoms with van der Waals surface area (Å²) >= 11 is 0. The van der Waals surface area contributed by atoms with Crippen molar-refractivity contribution in [3.05, 3.63) is 53.5 Å². The molecule has 2 aromatic carbocycles. The summed E-state index contributed by atoms with van der Waals surface area (Å²) in [6.07, 6.45) is 2.70. The van der Waals surface area contributed by atoms with Gasteiger partial charge in [0.05, 0.1) is 30.0 Å². The third-order valence-electron chi connectivity index (χ3n) is 4.79. The fourth-order valence-electron chi connectivity index (χ4n) is 3.45. The molecule has 0 spiro atoms. The number of fused-ring (bicyclic) bond motifs is 1. The molecule has 26 heavy (non-hydrogen) atoms. The summed E-state index contributed by atoms with van der Waals surface area (Å²) in [7, 11) is 1.90. The van der Waals surface area contributed by atoms with Gasteiger partial charge in [-0.05, 0) is 41.3 Å². The number of ether oxygens (including phenoxy) is 1. The number of morpholine rings is 1. The number of benzene rings is 2. The zero-order valence-electron chi connectivity index (χ0n) is 14.5. The van der Waals surface area contributed by atoms with Crippen LogP contribution in [0.2, 0.25) is 0 Å². The molecule has 3 aromatic rings. The van der Waals surface area contributed by atoms with E-state index in [2.05, 4.69) is 22.5 Å². The lowest BCUT2D eigenvalue weighted by Gasteiger charge is -2.24. The van der Waals surface area contributed by atoms with Crippen LogP contribution in [-0.4, -0.2) is 35.6 Å². The molecule has 1 unspecified atom stereocenters. The van der Waals surface area contributed by atoms with E-state index in [0.29, 0.717) is 6.61 Å². The molecule has 132 valence electrons. The van der Waals surface area contributed by atoms with Crippen molar-refractivity contribution in [3.63, 3.8) is 0 Å². The topological polar surface area (TPSA) is 62.9 Å². The molecule has 6 heteroatoms. The highest BCUT2D eigenvalue weighted by molar-refractivity contribution is 5.95. The summed E-state index contributed by atoms with van der Waals surface area (Å²) < 4.78 is 21.8. The third kappa shape index (κ3) is 3.07. The van der Waals surface area contributed by atoms with Gasteiger partial charge in [-0.1, -0.05) is 12.1 Å². The predicted molar refractivity (Wildman–Crippen MR) is 97.1 cm³/mol. The van der Waals surface area contributed by atoms with E-state index in [1.807, 2.05) is 17.8 Å². The zero-order chi connectivity index (χ0) is 18.1. The Hall–Kier alpha value is -2.75. The van der Waals surface area contributed by atoms with Crippen molar-refractivity contribution in [2.24, 2.45) is 7.05 Å². The summed E-state index contributed by atoms with van der Waals surface area (Å²) in [6, 6.07) is 10.8. The maximum Gasteiger partial charge on any atom is 0.141 e. The molecule has 1 aliphatic rings. The summed E-state index contributed by atoms with van der Waals surface area (Å²) in [4.78, 5) is 0. The van der Waals surface area contributed by atoms with Crippen LogP contribution in [0.3, 0.4) is 0 Å². The van der Waals surface area contributed by atoms with Gasteiger partial charge in [0.1, 0.15) is 11.9 Å². The molecule has 0 amide bonds. The van der Waals surface area contributed by atoms with Crippen LogP contribution >= 0.6 is 0 Å². The van der Waals surface area contributed by atoms with E-state index < -0.39 is 5.82 Å². The van der Waals surface area contributed by atoms with Crippen molar-refractivity contribution < 1.29 is 9.13 Å². The molecule has 1 saturated heterocycles. The second-order valence-corrected chi connectivity index (χ2v) is 6.55. The Morgan fingerprint density at radius 1 is 1.38 bits per heavy atom. The molecular weight excluding hydrogens is 331 g/mol. The smallest absolute Gasteiger partial charge is 0.141 e. The van der Waals surface area contributed by atoms with Crippen molar-refractivity contribution in [2.75, 3.05) is 19.7 Å². The Morgan fingerprint density at radius 3 is 3.00 bits per heavy atom. The van der Waals surface area contributed by atoms with Gasteiger partial charge >= 0.3 is 0 Å². The van der Waals surface area contributed by atoms with E-state index >= 15 is 0 Å². The van der Waals surface area contributed by atoms with Gasteiger partial charge in [0.15, 0.2) is 0 Å². The number of nitrogens with zero attached hydrogens (tertiary/aromatic N) is 3. The van der Waals surface area contributed by atoms with E-state index in [1.165, 1.54) is 12.1 Å². The number of hydrogen-bond acceptors (Lipinski definition) is 4. The largest absolute Gasteiger partial charge is 0.375 e. The molecule has 0 aliphatic carbocycles. The van der Waals surface area contributed by atoms with Crippen LogP contribution in [0.1, 0.15) is 11.1 Å². The molecule has 0 saturated carbocycles. The van der Waals surface area contributed by atoms with Crippen molar-refractivity contribution >= 4 is 10.9 Å². The van der Waals surface area contributed by atoms with Gasteiger partial charge in [-0.3, -0.25) is 4.68 Å². The lowest BCUT2D eigenvalue weighted by Crippen LogP contribution is -2.39. The minimum absolute atomic E-state index is 0.0500. The minimum atomic E-state index is -0.507. The maximum absolute atomic E-state index is 14.1. The highest BCUT2D eigenvalue weighted by Gasteiger charge is 2.17. The Kier molecular flexibility index (Phi) is 4.41. The van der Waals surface area contributed by atoms with Gasteiger partial charge in [-0.2, -0.15) is 10.4 Å². The van der Waals surface area contributed by atoms with Crippen LogP contribution in [0.4, 0.5) is 4.39 Å². The molecule has 1 atom stereocenters. The Morgan fingerprint density at radius 2 is 2.27 bits per heavy atom. The molecule has 0 bridgehead atoms. The van der Waals surface area contributed by atoms with Crippen molar-refractivity contribution in [3.8, 4) is 17.2 Å². The first-order chi connectivity index (χ1) is 12.7. The molecule has 1 aromatic heterocycles. The summed E-state index contributed by atoms with van der Waals surface area (Å²) in [6.45, 7) is 2.42. The average molecular weight is 350 g/mol. The van der Waals surface area contributed by atoms with Crippen LogP contribution < -0.4 is 5.32 Å². The fourth-order valence-corrected chi connectivity index (χ4v) is 3.45. The van der Waals surface area contributed by atoms with Crippen molar-refractivity contribution in [1.82, 2.24) is 15.1 Å². The molecule has 0 radical (unpaired) electrons. The van der Waals surface area contributed by atoms with Crippen LogP contribution in [0.15, 0.2) is 36.5 Å². The highest BCUT2D eigenvalue weighted by Crippen LogP contribution is 2.31. The molecule has 5 nitrogen and oxygen atoms in total. The van der Waals surface area contributed by atoms with Crippen LogP contribution in [0.25, 0.3) is 22.0 Å². The molecule has 1 fully saturated rings. The van der Waals surface area contributed by atoms with Crippen LogP contribution in [0.5, 0.6) is 0 Å². The summed E-state index contributed by atoms with van der Waals surface area (Å²) in [5.74, 6) is -0.507. The number of aromatic nitrogens is 2. The van der Waals surface area contributed by atoms with Crippen molar-refractivity contribution in [1.29, 1.82) is 5.26 Å². The predicted octanol–water partition coefficient (Wildman–Crippen LogP) is 2.78. The van der Waals surface area contributed by atoms with E-state index in [0.717, 1.165) is 47.1 Å². The van der Waals surface area contributed by atoms with Crippen LogP contribution in [0, 0.1) is 17.1 Å². The fraction of sp³-hybridized carbons (Fsp3) is 0.300. The zero-order valence-corrected chi connectivity index (χ0v) is 14.5. The minimum Gasteiger partial charge on any atom is -0.375 e. The lowest BCUT2D eigenvalue weighted by molar-refractivity contribution is 0.0292. The SMILES string of the molecule is Cn1ncc2c(-c3ccc(C#N)c(F)c3)cc(CC3CNCCO3)cc21. The number of rotatable bonds is 3. The average Bonchev–Trinajstić information content (AvgIpc) is 3.03. The molecule has 1 N–H and O–H groups in total. The van der Waals surface area contributed by atoms with Gasteiger partial charge in [0.2, 0.25) is 0 Å². The van der Waals surface area contributed by atoms with Gasteiger partial charge in [-0.25, -0.2) is 4.39 Å². The number of aryl methyl sites for hydroxylation is 1. The number of nitriles is 1. The second kappa shape index (κ2) is 6.87. The second-order valence-electron chi connectivity index (χ2n) is 6.55. The standard InChI is InChI=1S/C20H19FN4O/c1-25-20-8-13(6-16-11-23-4-5-26-16)7-17(18(20)12-24-25)14-2-3-15(10-22)19(21)9-14/h2-3,7-9,12,16,23H,4-6,11H2,1H3. The first-order valence-corrected chi connectivity index (χ1v) is 8.62. The lowest BCUT2D eigenvalue weighted by atomic mass is 9.96. The number of halogens is 1. The van der Waals surface area contributed by atoms with Gasteiger partial charge in [0, 0.05) is 25.5 Å². The molecule has 4 rings (SSSR count). The highest BCUT2D eigenvalue weighted by atomic mass is 19.1. The maximum atomic E-state index is 14.1. The van der Waals surface area contributed by atoms with Gasteiger partial charge < -0.3 is 10.1 Å². The first kappa shape index (κ1) is 16.7. The van der Waals surface area contributed by atoms with E-state index in [9.17, 15) is 4.39 Å². The molecule has 1 aliphatic heterocycles. The van der Waals surface area contributed by atoms with Crippen LogP contribution in [-0.2, 0) is 18.2 Å². The van der Waals surface area contributed by atoms with Gasteiger partial charge in [0.25, 0.3) is 0 Å². The molecular formula is C20H19FN4O. The quantitative estimate of drug-likeness (QED) is 0.789. The number of nitrogens with one attached hydrogen (secondary N) is 1. The first-order valence-electron chi connectivity index (χ1n) is 8.62. The third-order valence-corrected chi connectivity index (χ3v) is 4.79. The normalized spacial score (nSPS) is 17.3. The molecule has 2 heterocycles. The van der Waals surface area contributed by atoms with E-state index in [-0.39, 0.29) is 11.7 Å². The monoisotopic (exact) mass is 350 g/mol. The Bertz CT molecular complexity index is 999. The number of hydrogen-bond donors (Lipinski definition) is 1. The van der Waals surface area contributed by atoms with E-state index in [1.54, 1.807) is 12.3 Å². The summed E-state index contributed by atoms with van der Waals surface area (Å²) in [5, 5.41) is 17.6.